The monoisotopic (exact) mass is 316 g/mol. The van der Waals surface area contributed by atoms with Gasteiger partial charge in [-0.15, -0.1) is 0 Å². The minimum absolute atomic E-state index is 0.627. The topological polar surface area (TPSA) is 9.23 Å². The van der Waals surface area contributed by atoms with Gasteiger partial charge in [-0.25, -0.2) is 4.39 Å². The Kier molecular flexibility index (Phi) is 8.06. The third-order valence-corrected chi connectivity index (χ3v) is 3.43. The van der Waals surface area contributed by atoms with Gasteiger partial charge in [-0.2, -0.15) is 0 Å². The predicted molar refractivity (Wildman–Crippen MR) is 78.1 cm³/mol. The molecule has 0 amide bonds. The van der Waals surface area contributed by atoms with Crippen LogP contribution >= 0.6 is 15.9 Å². The lowest BCUT2D eigenvalue weighted by molar-refractivity contribution is 0.304. The Morgan fingerprint density at radius 2 is 1.67 bits per heavy atom. The third-order valence-electron chi connectivity index (χ3n) is 2.90. The molecule has 0 radical (unpaired) electrons. The Bertz CT molecular complexity index is 311. The summed E-state index contributed by atoms with van der Waals surface area (Å²) in [5, 5.41) is -1.09. The number of benzene rings is 1. The van der Waals surface area contributed by atoms with Gasteiger partial charge < -0.3 is 4.74 Å². The first-order valence-corrected chi connectivity index (χ1v) is 7.66. The van der Waals surface area contributed by atoms with Gasteiger partial charge in [0.2, 0.25) is 0 Å². The second-order valence-corrected chi connectivity index (χ2v) is 5.29. The minimum Gasteiger partial charge on any atom is -0.494 e. The van der Waals surface area contributed by atoms with Gasteiger partial charge in [0.15, 0.2) is 5.08 Å². The molecule has 1 nitrogen and oxygen atoms in total. The molecular weight excluding hydrogens is 295 g/mol. The Labute approximate surface area is 118 Å². The highest BCUT2D eigenvalue weighted by Crippen LogP contribution is 2.25. The summed E-state index contributed by atoms with van der Waals surface area (Å²) >= 11 is 2.89. The zero-order chi connectivity index (χ0) is 13.2. The molecule has 102 valence electrons. The highest BCUT2D eigenvalue weighted by molar-refractivity contribution is 9.09. The number of rotatable bonds is 9. The molecule has 1 unspecified atom stereocenters. The average molecular weight is 317 g/mol. The van der Waals surface area contributed by atoms with Crippen molar-refractivity contribution in [2.75, 3.05) is 6.61 Å². The fourth-order valence-electron chi connectivity index (χ4n) is 1.78. The second-order valence-electron chi connectivity index (χ2n) is 4.49. The van der Waals surface area contributed by atoms with Crippen LogP contribution in [0.3, 0.4) is 0 Å². The van der Waals surface area contributed by atoms with E-state index in [2.05, 4.69) is 22.9 Å². The zero-order valence-electron chi connectivity index (χ0n) is 11.0. The van der Waals surface area contributed by atoms with E-state index >= 15 is 0 Å². The number of unbranched alkanes of at least 4 members (excludes halogenated alkanes) is 5. The van der Waals surface area contributed by atoms with E-state index in [4.69, 9.17) is 4.74 Å². The van der Waals surface area contributed by atoms with E-state index < -0.39 is 5.08 Å². The number of ether oxygens (including phenoxy) is 1. The average Bonchev–Trinajstić information content (AvgIpc) is 2.38. The molecule has 18 heavy (non-hydrogen) atoms. The molecule has 0 spiro atoms. The maximum atomic E-state index is 12.9. The van der Waals surface area contributed by atoms with Crippen LogP contribution in [0.5, 0.6) is 5.75 Å². The van der Waals surface area contributed by atoms with Crippen molar-refractivity contribution in [2.45, 2.75) is 50.5 Å². The van der Waals surface area contributed by atoms with Crippen LogP contribution in [0.25, 0.3) is 0 Å². The summed E-state index contributed by atoms with van der Waals surface area (Å²) < 4.78 is 18.5. The van der Waals surface area contributed by atoms with E-state index in [0.29, 0.717) is 5.56 Å². The van der Waals surface area contributed by atoms with E-state index in [1.54, 1.807) is 12.1 Å². The van der Waals surface area contributed by atoms with Crippen LogP contribution < -0.4 is 4.74 Å². The first-order valence-electron chi connectivity index (χ1n) is 6.75. The van der Waals surface area contributed by atoms with Crippen LogP contribution in [0.2, 0.25) is 0 Å². The van der Waals surface area contributed by atoms with Gasteiger partial charge in [0.05, 0.1) is 6.61 Å². The van der Waals surface area contributed by atoms with Crippen LogP contribution in [0.4, 0.5) is 4.39 Å². The van der Waals surface area contributed by atoms with Crippen LogP contribution in [0.15, 0.2) is 24.3 Å². The number of hydrogen-bond acceptors (Lipinski definition) is 1. The Hall–Kier alpha value is -0.570. The maximum absolute atomic E-state index is 12.9. The molecule has 3 heteroatoms. The zero-order valence-corrected chi connectivity index (χ0v) is 12.6. The van der Waals surface area contributed by atoms with Gasteiger partial charge in [0.25, 0.3) is 0 Å². The van der Waals surface area contributed by atoms with Crippen molar-refractivity contribution < 1.29 is 9.13 Å². The molecule has 1 rings (SSSR count). The quantitative estimate of drug-likeness (QED) is 0.414. The Morgan fingerprint density at radius 1 is 1.06 bits per heavy atom. The van der Waals surface area contributed by atoms with Gasteiger partial charge in [0.1, 0.15) is 5.75 Å². The molecule has 0 aromatic heterocycles. The van der Waals surface area contributed by atoms with E-state index in [0.717, 1.165) is 18.8 Å². The first kappa shape index (κ1) is 15.5. The van der Waals surface area contributed by atoms with Crippen LogP contribution in [0, 0.1) is 0 Å². The Morgan fingerprint density at radius 3 is 2.28 bits per heavy atom. The highest BCUT2D eigenvalue weighted by atomic mass is 79.9. The van der Waals surface area contributed by atoms with E-state index in [9.17, 15) is 4.39 Å². The molecule has 0 saturated carbocycles. The van der Waals surface area contributed by atoms with Crippen molar-refractivity contribution >= 4 is 15.9 Å². The lowest BCUT2D eigenvalue weighted by Crippen LogP contribution is -1.97. The number of hydrogen-bond donors (Lipinski definition) is 0. The predicted octanol–water partition coefficient (Wildman–Crippen LogP) is 5.79. The van der Waals surface area contributed by atoms with Crippen molar-refractivity contribution in [2.24, 2.45) is 0 Å². The summed E-state index contributed by atoms with van der Waals surface area (Å²) in [5.74, 6) is 0.820. The molecule has 1 aromatic rings. The van der Waals surface area contributed by atoms with E-state index in [1.165, 1.54) is 32.1 Å². The molecular formula is C15H22BrFO. The lowest BCUT2D eigenvalue weighted by Gasteiger charge is -2.07. The van der Waals surface area contributed by atoms with Crippen molar-refractivity contribution in [3.05, 3.63) is 29.8 Å². The van der Waals surface area contributed by atoms with Crippen molar-refractivity contribution in [1.29, 1.82) is 0 Å². The molecule has 1 aromatic carbocycles. The molecule has 1 atom stereocenters. The van der Waals surface area contributed by atoms with E-state index in [-0.39, 0.29) is 0 Å². The fourth-order valence-corrected chi connectivity index (χ4v) is 2.09. The smallest absolute Gasteiger partial charge is 0.180 e. The van der Waals surface area contributed by atoms with Crippen molar-refractivity contribution in [3.8, 4) is 5.75 Å². The standard InChI is InChI=1S/C15H22BrFO/c1-2-3-4-5-6-7-12-18-14-10-8-13(9-11-14)15(16)17/h8-11,15H,2-7,12H2,1H3. The van der Waals surface area contributed by atoms with Crippen molar-refractivity contribution in [1.82, 2.24) is 0 Å². The number of alkyl halides is 2. The fraction of sp³-hybridized carbons (Fsp3) is 0.600. The highest BCUT2D eigenvalue weighted by Gasteiger charge is 2.03. The summed E-state index contributed by atoms with van der Waals surface area (Å²) in [6.45, 7) is 2.97. The largest absolute Gasteiger partial charge is 0.494 e. The van der Waals surface area contributed by atoms with Gasteiger partial charge in [-0.1, -0.05) is 51.2 Å². The summed E-state index contributed by atoms with van der Waals surface area (Å²) in [5.41, 5.74) is 0.627. The summed E-state index contributed by atoms with van der Waals surface area (Å²) in [4.78, 5) is 0. The van der Waals surface area contributed by atoms with Crippen LogP contribution in [-0.2, 0) is 0 Å². The summed E-state index contributed by atoms with van der Waals surface area (Å²) in [6.07, 6.45) is 7.56. The first-order chi connectivity index (χ1) is 8.74. The summed E-state index contributed by atoms with van der Waals surface area (Å²) in [6, 6.07) is 7.13. The molecule has 0 heterocycles. The second kappa shape index (κ2) is 9.37. The molecule has 0 aliphatic carbocycles. The van der Waals surface area contributed by atoms with Gasteiger partial charge in [-0.3, -0.25) is 0 Å². The summed E-state index contributed by atoms with van der Waals surface area (Å²) in [7, 11) is 0. The SMILES string of the molecule is CCCCCCCCOc1ccc(C(F)Br)cc1. The minimum atomic E-state index is -1.09. The van der Waals surface area contributed by atoms with E-state index in [1.807, 2.05) is 12.1 Å². The molecule has 0 aliphatic heterocycles. The van der Waals surface area contributed by atoms with Gasteiger partial charge >= 0.3 is 0 Å². The van der Waals surface area contributed by atoms with Gasteiger partial charge in [0, 0.05) is 0 Å². The van der Waals surface area contributed by atoms with Gasteiger partial charge in [-0.05, 0) is 40.0 Å². The van der Waals surface area contributed by atoms with Crippen molar-refractivity contribution in [3.63, 3.8) is 0 Å². The molecule has 0 fully saturated rings. The lowest BCUT2D eigenvalue weighted by atomic mass is 10.1. The molecule has 0 bridgehead atoms. The maximum Gasteiger partial charge on any atom is 0.180 e. The normalized spacial score (nSPS) is 12.4. The molecule has 0 saturated heterocycles. The third kappa shape index (κ3) is 6.39. The van der Waals surface area contributed by atoms with Crippen LogP contribution in [-0.4, -0.2) is 6.61 Å². The van der Waals surface area contributed by atoms with Crippen LogP contribution in [0.1, 0.15) is 56.1 Å². The Balaban J connectivity index is 2.12. The molecule has 0 aliphatic rings. The number of halogens is 2. The molecule has 0 N–H and O–H groups in total.